The second-order valence-corrected chi connectivity index (χ2v) is 2.83. The number of hydrogen-bond acceptors (Lipinski definition) is 5. The lowest BCUT2D eigenvalue weighted by atomic mass is 10.4. The topological polar surface area (TPSA) is 98.3 Å². The third-order valence-electron chi connectivity index (χ3n) is 1.72. The van der Waals surface area contributed by atoms with Gasteiger partial charge in [-0.25, -0.2) is 14.6 Å². The summed E-state index contributed by atoms with van der Waals surface area (Å²) in [6.07, 6.45) is 3.80. The average molecular weight is 193 g/mol. The van der Waals surface area contributed by atoms with E-state index in [0.717, 1.165) is 11.6 Å². The van der Waals surface area contributed by atoms with Crippen LogP contribution in [0.3, 0.4) is 0 Å². The van der Waals surface area contributed by atoms with Gasteiger partial charge in [-0.2, -0.15) is 10.2 Å². The minimum Gasteiger partial charge on any atom is -0.330 e. The maximum absolute atomic E-state index is 5.38. The van der Waals surface area contributed by atoms with Gasteiger partial charge in [0.15, 0.2) is 5.82 Å². The summed E-state index contributed by atoms with van der Waals surface area (Å²) < 4.78 is 1.67. The van der Waals surface area contributed by atoms with Gasteiger partial charge in [0.25, 0.3) is 0 Å². The molecule has 0 unspecified atom stereocenters. The fraction of sp³-hybridized carbons (Fsp3) is 0.429. The number of nitrogens with two attached hydrogens (primary N) is 1. The molecule has 2 aromatic rings. The van der Waals surface area contributed by atoms with E-state index < -0.39 is 0 Å². The Morgan fingerprint density at radius 3 is 3.14 bits per heavy atom. The lowest BCUT2D eigenvalue weighted by molar-refractivity contribution is 0.655. The number of nitrogens with one attached hydrogen (secondary N) is 1. The van der Waals surface area contributed by atoms with Crippen molar-refractivity contribution in [2.45, 2.75) is 13.0 Å². The van der Waals surface area contributed by atoms with Crippen LogP contribution < -0.4 is 5.73 Å². The Morgan fingerprint density at radius 2 is 2.43 bits per heavy atom. The minimum absolute atomic E-state index is 0.553. The molecule has 0 fully saturated rings. The highest BCUT2D eigenvalue weighted by Crippen LogP contribution is 1.95. The summed E-state index contributed by atoms with van der Waals surface area (Å²) in [6, 6.07) is 0. The molecule has 3 N–H and O–H groups in total. The molecule has 2 rings (SSSR count). The maximum atomic E-state index is 5.38. The summed E-state index contributed by atoms with van der Waals surface area (Å²) in [5.41, 5.74) is 5.38. The monoisotopic (exact) mass is 193 g/mol. The largest absolute Gasteiger partial charge is 0.330 e. The van der Waals surface area contributed by atoms with E-state index in [0.29, 0.717) is 19.5 Å². The Labute approximate surface area is 80.4 Å². The summed E-state index contributed by atoms with van der Waals surface area (Å²) in [5, 5.41) is 10.8. The first kappa shape index (κ1) is 8.82. The highest BCUT2D eigenvalue weighted by Gasteiger charge is 2.02. The van der Waals surface area contributed by atoms with Crippen LogP contribution >= 0.6 is 0 Å². The zero-order valence-electron chi connectivity index (χ0n) is 7.59. The third-order valence-corrected chi connectivity index (χ3v) is 1.72. The fourth-order valence-electron chi connectivity index (χ4n) is 1.11. The lowest BCUT2D eigenvalue weighted by Gasteiger charge is -1.93. The van der Waals surface area contributed by atoms with Crippen molar-refractivity contribution >= 4 is 0 Å². The molecule has 0 aliphatic heterocycles. The van der Waals surface area contributed by atoms with E-state index >= 15 is 0 Å². The molecular formula is C7H11N7. The summed E-state index contributed by atoms with van der Waals surface area (Å²) in [6.45, 7) is 1.11. The molecule has 0 amide bonds. The number of H-pyrrole nitrogens is 1. The lowest BCUT2D eigenvalue weighted by Crippen LogP contribution is -2.04. The highest BCUT2D eigenvalue weighted by atomic mass is 15.3. The first-order valence-electron chi connectivity index (χ1n) is 4.31. The quantitative estimate of drug-likeness (QED) is 0.645. The van der Waals surface area contributed by atoms with E-state index in [4.69, 9.17) is 5.73 Å². The molecule has 74 valence electrons. The molecule has 0 saturated carbocycles. The number of aromatic amines is 1. The highest BCUT2D eigenvalue weighted by molar-refractivity contribution is 4.91. The Morgan fingerprint density at radius 1 is 1.50 bits per heavy atom. The van der Waals surface area contributed by atoms with E-state index in [-0.39, 0.29) is 0 Å². The maximum Gasteiger partial charge on any atom is 0.152 e. The summed E-state index contributed by atoms with van der Waals surface area (Å²) in [5.74, 6) is 1.50. The molecule has 0 atom stereocenters. The molecule has 2 aromatic heterocycles. The van der Waals surface area contributed by atoms with Gasteiger partial charge in [0.05, 0.1) is 0 Å². The van der Waals surface area contributed by atoms with Gasteiger partial charge in [-0.3, -0.25) is 5.10 Å². The molecule has 0 spiro atoms. The van der Waals surface area contributed by atoms with Crippen molar-refractivity contribution in [3.63, 3.8) is 0 Å². The molecule has 0 radical (unpaired) electrons. The second-order valence-electron chi connectivity index (χ2n) is 2.83. The van der Waals surface area contributed by atoms with Crippen LogP contribution in [0.25, 0.3) is 0 Å². The van der Waals surface area contributed by atoms with Crippen LogP contribution in [0.5, 0.6) is 0 Å². The first-order chi connectivity index (χ1) is 6.88. The zero-order chi connectivity index (χ0) is 9.80. The SMILES string of the molecule is NCCc1n[nH]c(Cn2cncn2)n1. The molecular weight excluding hydrogens is 182 g/mol. The molecule has 14 heavy (non-hydrogen) atoms. The van der Waals surface area contributed by atoms with Gasteiger partial charge >= 0.3 is 0 Å². The van der Waals surface area contributed by atoms with Gasteiger partial charge < -0.3 is 5.73 Å². The third kappa shape index (κ3) is 1.94. The first-order valence-corrected chi connectivity index (χ1v) is 4.31. The van der Waals surface area contributed by atoms with Gasteiger partial charge in [-0.05, 0) is 6.54 Å². The standard InChI is InChI=1S/C7H11N7/c8-2-1-6-11-7(13-12-6)3-14-5-9-4-10-14/h4-5H,1-3,8H2,(H,11,12,13). The number of nitrogens with zero attached hydrogens (tertiary/aromatic N) is 5. The van der Waals surface area contributed by atoms with Crippen molar-refractivity contribution in [1.29, 1.82) is 0 Å². The second kappa shape index (κ2) is 3.97. The molecule has 7 nitrogen and oxygen atoms in total. The summed E-state index contributed by atoms with van der Waals surface area (Å²) >= 11 is 0. The van der Waals surface area contributed by atoms with Crippen molar-refractivity contribution < 1.29 is 0 Å². The summed E-state index contributed by atoms with van der Waals surface area (Å²) in [4.78, 5) is 8.07. The Bertz CT molecular complexity index is 376. The van der Waals surface area contributed by atoms with E-state index in [9.17, 15) is 0 Å². The minimum atomic E-state index is 0.553. The van der Waals surface area contributed by atoms with Crippen molar-refractivity contribution in [2.24, 2.45) is 5.73 Å². The molecule has 0 aromatic carbocycles. The Balaban J connectivity index is 2.03. The Kier molecular flexibility index (Phi) is 2.50. The van der Waals surface area contributed by atoms with Crippen LogP contribution in [0, 0.1) is 0 Å². The van der Waals surface area contributed by atoms with Crippen LogP contribution in [-0.2, 0) is 13.0 Å². The normalized spacial score (nSPS) is 10.6. The number of aromatic nitrogens is 6. The van der Waals surface area contributed by atoms with Crippen molar-refractivity contribution in [1.82, 2.24) is 29.9 Å². The smallest absolute Gasteiger partial charge is 0.152 e. The number of rotatable bonds is 4. The van der Waals surface area contributed by atoms with Gasteiger partial charge in [-0.1, -0.05) is 0 Å². The van der Waals surface area contributed by atoms with Crippen molar-refractivity contribution in [3.05, 3.63) is 24.3 Å². The molecule has 7 heteroatoms. The summed E-state index contributed by atoms with van der Waals surface area (Å²) in [7, 11) is 0. The van der Waals surface area contributed by atoms with Crippen LogP contribution in [0.2, 0.25) is 0 Å². The van der Waals surface area contributed by atoms with E-state index in [2.05, 4.69) is 25.3 Å². The van der Waals surface area contributed by atoms with Gasteiger partial charge in [0.1, 0.15) is 25.0 Å². The van der Waals surface area contributed by atoms with E-state index in [1.54, 1.807) is 11.0 Å². The van der Waals surface area contributed by atoms with Gasteiger partial charge in [0, 0.05) is 6.42 Å². The van der Waals surface area contributed by atoms with Crippen LogP contribution in [0.15, 0.2) is 12.7 Å². The predicted molar refractivity (Wildman–Crippen MR) is 48.3 cm³/mol. The molecule has 0 bridgehead atoms. The average Bonchev–Trinajstić information content (AvgIpc) is 2.79. The van der Waals surface area contributed by atoms with Crippen molar-refractivity contribution in [2.75, 3.05) is 6.54 Å². The molecule has 0 aliphatic rings. The number of hydrogen-bond donors (Lipinski definition) is 2. The van der Waals surface area contributed by atoms with E-state index in [1.807, 2.05) is 0 Å². The van der Waals surface area contributed by atoms with Gasteiger partial charge in [0.2, 0.25) is 0 Å². The fourth-order valence-corrected chi connectivity index (χ4v) is 1.11. The van der Waals surface area contributed by atoms with Crippen molar-refractivity contribution in [3.8, 4) is 0 Å². The predicted octanol–water partition coefficient (Wildman–Crippen LogP) is -1.05. The van der Waals surface area contributed by atoms with Crippen LogP contribution in [0.4, 0.5) is 0 Å². The van der Waals surface area contributed by atoms with Gasteiger partial charge in [-0.15, -0.1) is 0 Å². The molecule has 0 aliphatic carbocycles. The van der Waals surface area contributed by atoms with Crippen LogP contribution in [-0.4, -0.2) is 36.5 Å². The van der Waals surface area contributed by atoms with E-state index in [1.165, 1.54) is 6.33 Å². The molecule has 2 heterocycles. The zero-order valence-corrected chi connectivity index (χ0v) is 7.59. The molecule has 0 saturated heterocycles. The van der Waals surface area contributed by atoms with Crippen LogP contribution in [0.1, 0.15) is 11.6 Å². The Hall–Kier alpha value is -1.76.